The molecule has 4 heterocycles. The van der Waals surface area contributed by atoms with Crippen molar-refractivity contribution < 1.29 is 28.8 Å². The molecule has 6 aromatic rings. The van der Waals surface area contributed by atoms with Gasteiger partial charge in [-0.1, -0.05) is 36.4 Å². The number of Topliss-reactive ketones (excluding diaryl/α,β-unsaturated/α-hetero) is 1. The van der Waals surface area contributed by atoms with Gasteiger partial charge in [-0.15, -0.1) is 0 Å². The van der Waals surface area contributed by atoms with E-state index in [-0.39, 0.29) is 40.0 Å². The molecule has 0 spiro atoms. The normalized spacial score (nSPS) is 13.2. The Labute approximate surface area is 313 Å². The zero-order valence-electron chi connectivity index (χ0n) is 28.9. The third kappa shape index (κ3) is 6.46. The summed E-state index contributed by atoms with van der Waals surface area (Å²) in [6.45, 7) is 0. The third-order valence-corrected chi connectivity index (χ3v) is 9.41. The first kappa shape index (κ1) is 34.3. The number of carbonyl (C=O) groups excluding carboxylic acids is 6. The minimum atomic E-state index is -0.543. The fourth-order valence-corrected chi connectivity index (χ4v) is 6.54. The van der Waals surface area contributed by atoms with E-state index >= 15 is 0 Å². The lowest BCUT2D eigenvalue weighted by Crippen LogP contribution is -2.29. The lowest BCUT2D eigenvalue weighted by atomic mass is 10.00. The molecule has 0 unspecified atom stereocenters. The van der Waals surface area contributed by atoms with Gasteiger partial charge in [-0.25, -0.2) is 19.8 Å². The largest absolute Gasteiger partial charge is 0.384 e. The van der Waals surface area contributed by atoms with Gasteiger partial charge in [-0.3, -0.25) is 28.8 Å². The molecular formula is C42H29N7O6. The standard InChI is InChI=1S/C42H29N7O6/c43-36-15-5-25(21-45-36)18-35(50)26-6-13-31-33(19-26)41(54)48(39(31)52)29-9-1-23(2-10-29)17-24-3-11-30(12-4-24)49-40(53)32-14-7-27(20-34(32)42(49)55)38(51)47-28-8-16-37(44)46-22-28/h1-16,19-22H,17-18H2,(H2,43,45)(H2,44,46)(H,47,51). The van der Waals surface area contributed by atoms with Crippen LogP contribution in [0.25, 0.3) is 0 Å². The number of anilines is 5. The second kappa shape index (κ2) is 13.6. The van der Waals surface area contributed by atoms with E-state index in [9.17, 15) is 28.8 Å². The van der Waals surface area contributed by atoms with Crippen LogP contribution in [0.2, 0.25) is 0 Å². The summed E-state index contributed by atoms with van der Waals surface area (Å²) in [6.07, 6.45) is 3.50. The molecule has 13 nitrogen and oxygen atoms in total. The van der Waals surface area contributed by atoms with Gasteiger partial charge in [0.1, 0.15) is 11.6 Å². The summed E-state index contributed by atoms with van der Waals surface area (Å²) in [7, 11) is 0. The summed E-state index contributed by atoms with van der Waals surface area (Å²) in [5.74, 6) is -2.08. The van der Waals surface area contributed by atoms with Gasteiger partial charge < -0.3 is 16.8 Å². The highest BCUT2D eigenvalue weighted by Gasteiger charge is 2.38. The number of pyridine rings is 2. The summed E-state index contributed by atoms with van der Waals surface area (Å²) < 4.78 is 0. The first-order chi connectivity index (χ1) is 26.5. The molecule has 0 radical (unpaired) electrons. The number of nitrogens with one attached hydrogen (secondary N) is 1. The first-order valence-electron chi connectivity index (χ1n) is 17.0. The van der Waals surface area contributed by atoms with Gasteiger partial charge in [-0.05, 0) is 95.9 Å². The minimum Gasteiger partial charge on any atom is -0.384 e. The quantitative estimate of drug-likeness (QED) is 0.126. The Bertz CT molecular complexity index is 2410. The van der Waals surface area contributed by atoms with Crippen LogP contribution in [0.15, 0.2) is 122 Å². The Hall–Kier alpha value is -7.80. The van der Waals surface area contributed by atoms with Gasteiger partial charge in [0.05, 0.1) is 45.5 Å². The van der Waals surface area contributed by atoms with E-state index in [4.69, 9.17) is 11.5 Å². The Morgan fingerprint density at radius 1 is 0.527 bits per heavy atom. The Balaban J connectivity index is 0.918. The van der Waals surface area contributed by atoms with Gasteiger partial charge in [0, 0.05) is 23.7 Å². The number of ketones is 1. The average Bonchev–Trinajstić information content (AvgIpc) is 3.60. The summed E-state index contributed by atoms with van der Waals surface area (Å²) in [5.41, 5.74) is 16.1. The van der Waals surface area contributed by atoms with Crippen LogP contribution in [-0.4, -0.2) is 45.3 Å². The molecule has 0 saturated carbocycles. The van der Waals surface area contributed by atoms with Crippen LogP contribution in [0.3, 0.4) is 0 Å². The van der Waals surface area contributed by atoms with E-state index in [2.05, 4.69) is 15.3 Å². The highest BCUT2D eigenvalue weighted by atomic mass is 16.2. The Morgan fingerprint density at radius 2 is 1.00 bits per heavy atom. The smallest absolute Gasteiger partial charge is 0.266 e. The molecule has 5 amide bonds. The zero-order chi connectivity index (χ0) is 38.4. The maximum absolute atomic E-state index is 13.4. The van der Waals surface area contributed by atoms with Gasteiger partial charge >= 0.3 is 0 Å². The first-order valence-corrected chi connectivity index (χ1v) is 17.0. The van der Waals surface area contributed by atoms with Crippen LogP contribution in [0.4, 0.5) is 28.7 Å². The predicted molar refractivity (Wildman–Crippen MR) is 204 cm³/mol. The number of rotatable bonds is 9. The van der Waals surface area contributed by atoms with Crippen molar-refractivity contribution in [3.8, 4) is 0 Å². The summed E-state index contributed by atoms with van der Waals surface area (Å²) in [4.78, 5) is 89.4. The number of hydrogen-bond donors (Lipinski definition) is 3. The Morgan fingerprint density at radius 3 is 1.51 bits per heavy atom. The number of fused-ring (bicyclic) bond motifs is 2. The maximum atomic E-state index is 13.4. The molecule has 0 atom stereocenters. The molecule has 55 heavy (non-hydrogen) atoms. The van der Waals surface area contributed by atoms with Crippen LogP contribution in [0, 0.1) is 0 Å². The molecule has 2 aliphatic rings. The molecule has 0 aliphatic carbocycles. The molecule has 2 aromatic heterocycles. The van der Waals surface area contributed by atoms with Crippen molar-refractivity contribution in [1.29, 1.82) is 0 Å². The summed E-state index contributed by atoms with van der Waals surface area (Å²) in [6, 6.07) is 29.3. The fourth-order valence-electron chi connectivity index (χ4n) is 6.54. The number of nitrogens with zero attached hydrogens (tertiary/aromatic N) is 4. The van der Waals surface area contributed by atoms with Crippen molar-refractivity contribution in [2.24, 2.45) is 0 Å². The molecule has 13 heteroatoms. The van der Waals surface area contributed by atoms with E-state index in [1.165, 1.54) is 42.7 Å². The number of benzene rings is 4. The van der Waals surface area contributed by atoms with Crippen LogP contribution in [-0.2, 0) is 12.8 Å². The number of nitrogen functional groups attached to an aromatic ring is 2. The van der Waals surface area contributed by atoms with Crippen molar-refractivity contribution >= 4 is 64.0 Å². The SMILES string of the molecule is Nc1ccc(CC(=O)c2ccc3c(c2)C(=O)N(c2ccc(Cc4ccc(N5C(=O)c6ccc(C(=O)Nc7ccc(N)nc7)cc6C5=O)cc4)cc2)C3=O)cn1. The number of nitrogens with two attached hydrogens (primary N) is 2. The van der Waals surface area contributed by atoms with E-state index in [0.717, 1.165) is 20.9 Å². The van der Waals surface area contributed by atoms with E-state index in [0.29, 0.717) is 46.2 Å². The minimum absolute atomic E-state index is 0.0680. The van der Waals surface area contributed by atoms with Crippen LogP contribution in [0.5, 0.6) is 0 Å². The topological polar surface area (TPSA) is 199 Å². The molecule has 2 aliphatic heterocycles. The van der Waals surface area contributed by atoms with Crippen LogP contribution in [0.1, 0.15) is 78.8 Å². The van der Waals surface area contributed by atoms with Crippen molar-refractivity contribution in [3.63, 3.8) is 0 Å². The van der Waals surface area contributed by atoms with Crippen molar-refractivity contribution in [2.45, 2.75) is 12.8 Å². The molecule has 0 saturated heterocycles. The van der Waals surface area contributed by atoms with Gasteiger partial charge in [0.2, 0.25) is 0 Å². The number of amides is 5. The van der Waals surface area contributed by atoms with Crippen molar-refractivity contribution in [3.05, 3.63) is 172 Å². The van der Waals surface area contributed by atoms with Gasteiger partial charge in [-0.2, -0.15) is 0 Å². The number of imide groups is 2. The van der Waals surface area contributed by atoms with E-state index < -0.39 is 29.5 Å². The second-order valence-electron chi connectivity index (χ2n) is 13.0. The second-order valence-corrected chi connectivity index (χ2v) is 13.0. The van der Waals surface area contributed by atoms with Crippen LogP contribution < -0.4 is 26.6 Å². The monoisotopic (exact) mass is 727 g/mol. The van der Waals surface area contributed by atoms with Crippen molar-refractivity contribution in [1.82, 2.24) is 9.97 Å². The predicted octanol–water partition coefficient (Wildman–Crippen LogP) is 5.51. The highest BCUT2D eigenvalue weighted by Crippen LogP contribution is 2.32. The molecule has 0 bridgehead atoms. The summed E-state index contributed by atoms with van der Waals surface area (Å²) in [5, 5.41) is 2.70. The van der Waals surface area contributed by atoms with E-state index in [1.807, 2.05) is 12.1 Å². The molecular weight excluding hydrogens is 699 g/mol. The fraction of sp³-hybridized carbons (Fsp3) is 0.0476. The van der Waals surface area contributed by atoms with Gasteiger partial charge in [0.25, 0.3) is 29.5 Å². The third-order valence-electron chi connectivity index (χ3n) is 9.41. The number of aromatic nitrogens is 2. The number of hydrogen-bond acceptors (Lipinski definition) is 10. The lowest BCUT2D eigenvalue weighted by Gasteiger charge is -2.15. The average molecular weight is 728 g/mol. The number of carbonyl (C=O) groups is 6. The summed E-state index contributed by atoms with van der Waals surface area (Å²) >= 11 is 0. The molecule has 5 N–H and O–H groups in total. The van der Waals surface area contributed by atoms with E-state index in [1.54, 1.807) is 66.7 Å². The lowest BCUT2D eigenvalue weighted by molar-refractivity contribution is 0.0910. The highest BCUT2D eigenvalue weighted by molar-refractivity contribution is 6.35. The van der Waals surface area contributed by atoms with Crippen molar-refractivity contribution in [2.75, 3.05) is 26.6 Å². The van der Waals surface area contributed by atoms with Gasteiger partial charge in [0.15, 0.2) is 5.78 Å². The molecule has 4 aromatic carbocycles. The zero-order valence-corrected chi connectivity index (χ0v) is 28.9. The Kier molecular flexibility index (Phi) is 8.50. The molecule has 8 rings (SSSR count). The molecule has 0 fully saturated rings. The maximum Gasteiger partial charge on any atom is 0.266 e. The van der Waals surface area contributed by atoms with Crippen LogP contribution >= 0.6 is 0 Å². The molecule has 268 valence electrons.